The van der Waals surface area contributed by atoms with E-state index in [1.807, 2.05) is 6.08 Å². The fraction of sp³-hybridized carbons (Fsp3) is 0.603. The molecule has 0 aromatic heterocycles. The van der Waals surface area contributed by atoms with Crippen molar-refractivity contribution < 1.29 is 15.0 Å². The molecule has 0 rings (SSSR count). The topological polar surface area (TPSA) is 69.6 Å². The quantitative estimate of drug-likeness (QED) is 0.0421. The van der Waals surface area contributed by atoms with Crippen LogP contribution in [0.15, 0.2) is 146 Å². The SMILES string of the molecule is CC/C=C\C/C=C\C/C=C\C/C=C\C/C=C\C/C=C\C/C=C\C/C=C\C/C=C\C/C=C\CCCCC(=O)NC(CO)C(O)/C=C/CC/C=C/CCCCCCCCCCCCCCCCCC. The molecular formula is C63H103NO3. The summed E-state index contributed by atoms with van der Waals surface area (Å²) in [5.41, 5.74) is 0. The zero-order valence-electron chi connectivity index (χ0n) is 43.4. The van der Waals surface area contributed by atoms with Crippen LogP contribution >= 0.6 is 0 Å². The summed E-state index contributed by atoms with van der Waals surface area (Å²) in [6.45, 7) is 4.16. The first-order valence-corrected chi connectivity index (χ1v) is 27.5. The maximum absolute atomic E-state index is 12.4. The highest BCUT2D eigenvalue weighted by atomic mass is 16.3. The largest absolute Gasteiger partial charge is 0.394 e. The maximum Gasteiger partial charge on any atom is 0.220 e. The highest BCUT2D eigenvalue weighted by Gasteiger charge is 2.17. The van der Waals surface area contributed by atoms with Crippen LogP contribution in [0.1, 0.15) is 226 Å². The fourth-order valence-corrected chi connectivity index (χ4v) is 7.40. The van der Waals surface area contributed by atoms with Crippen molar-refractivity contribution in [1.29, 1.82) is 0 Å². The minimum Gasteiger partial charge on any atom is -0.394 e. The second-order valence-corrected chi connectivity index (χ2v) is 17.9. The van der Waals surface area contributed by atoms with Gasteiger partial charge in [-0.15, -0.1) is 0 Å². The van der Waals surface area contributed by atoms with E-state index < -0.39 is 12.1 Å². The molecular weight excluding hydrogens is 819 g/mol. The Morgan fingerprint density at radius 2 is 0.672 bits per heavy atom. The summed E-state index contributed by atoms with van der Waals surface area (Å²) in [6.07, 6.45) is 89.9. The van der Waals surface area contributed by atoms with Gasteiger partial charge in [0.25, 0.3) is 0 Å². The van der Waals surface area contributed by atoms with Crippen molar-refractivity contribution in [2.24, 2.45) is 0 Å². The molecule has 378 valence electrons. The van der Waals surface area contributed by atoms with Crippen molar-refractivity contribution in [2.75, 3.05) is 6.61 Å². The molecule has 67 heavy (non-hydrogen) atoms. The Bertz CT molecular complexity index is 1420. The molecule has 3 N–H and O–H groups in total. The van der Waals surface area contributed by atoms with E-state index in [1.54, 1.807) is 6.08 Å². The molecule has 0 bridgehead atoms. The third-order valence-corrected chi connectivity index (χ3v) is 11.6. The third kappa shape index (κ3) is 53.1. The first kappa shape index (κ1) is 63.3. The monoisotopic (exact) mass is 922 g/mol. The summed E-state index contributed by atoms with van der Waals surface area (Å²) in [6, 6.07) is -0.675. The Morgan fingerprint density at radius 3 is 1.04 bits per heavy atom. The third-order valence-electron chi connectivity index (χ3n) is 11.6. The highest BCUT2D eigenvalue weighted by Crippen LogP contribution is 2.14. The molecule has 0 aromatic rings. The molecule has 0 aliphatic heterocycles. The molecule has 0 aliphatic rings. The van der Waals surface area contributed by atoms with E-state index >= 15 is 0 Å². The Labute approximate surface area is 414 Å². The minimum atomic E-state index is -0.893. The zero-order chi connectivity index (χ0) is 48.5. The highest BCUT2D eigenvalue weighted by molar-refractivity contribution is 5.76. The van der Waals surface area contributed by atoms with Crippen LogP contribution in [-0.2, 0) is 4.79 Å². The number of nitrogens with one attached hydrogen (secondary N) is 1. The van der Waals surface area contributed by atoms with Gasteiger partial charge in [-0.1, -0.05) is 256 Å². The number of aliphatic hydroxyl groups is 2. The maximum atomic E-state index is 12.4. The van der Waals surface area contributed by atoms with Crippen molar-refractivity contribution >= 4 is 5.91 Å². The molecule has 0 radical (unpaired) electrons. The first-order valence-electron chi connectivity index (χ1n) is 27.5. The van der Waals surface area contributed by atoms with Crippen LogP contribution in [0.5, 0.6) is 0 Å². The lowest BCUT2D eigenvalue weighted by molar-refractivity contribution is -0.123. The van der Waals surface area contributed by atoms with E-state index in [4.69, 9.17) is 0 Å². The van der Waals surface area contributed by atoms with Gasteiger partial charge in [-0.2, -0.15) is 0 Å². The second kappa shape index (κ2) is 56.6. The van der Waals surface area contributed by atoms with Gasteiger partial charge in [-0.3, -0.25) is 4.79 Å². The van der Waals surface area contributed by atoms with Crippen LogP contribution in [0.4, 0.5) is 0 Å². The van der Waals surface area contributed by atoms with Crippen LogP contribution < -0.4 is 5.32 Å². The van der Waals surface area contributed by atoms with Crippen LogP contribution in [0.2, 0.25) is 0 Å². The normalized spacial score (nSPS) is 14.0. The van der Waals surface area contributed by atoms with Crippen molar-refractivity contribution in [2.45, 2.75) is 238 Å². The van der Waals surface area contributed by atoms with E-state index in [0.717, 1.165) is 103 Å². The smallest absolute Gasteiger partial charge is 0.220 e. The van der Waals surface area contributed by atoms with Crippen LogP contribution in [0, 0.1) is 0 Å². The molecule has 4 heteroatoms. The summed E-state index contributed by atoms with van der Waals surface area (Å²) < 4.78 is 0. The molecule has 0 heterocycles. The standard InChI is InChI=1S/C63H103NO3/c1-3-5-7-9-11-13-15-17-19-21-23-25-27-28-29-30-31-32-33-34-35-36-37-39-41-43-45-47-49-51-53-55-57-59-63(67)64-61(60-65)62(66)58-56-54-52-50-48-46-44-42-40-38-26-24-22-20-18-16-14-12-10-8-6-4-2/h5,7,11,13,17,19,23,25,28-29,31-32,34-35,37,39,43,45,48-51,56,58,61-62,65-66H,3-4,6,8-10,12,14-16,18,20-22,24,26-27,30,33,36,38,40-42,44,46-47,52-55,57,59-60H2,1-2H3,(H,64,67)/b7-5-,13-11-,19-17-,25-23-,29-28-,32-31-,35-34-,39-37-,45-43-,50-48+,51-49-,58-56+. The lowest BCUT2D eigenvalue weighted by Crippen LogP contribution is -2.45. The van der Waals surface area contributed by atoms with E-state index in [9.17, 15) is 15.0 Å². The van der Waals surface area contributed by atoms with Gasteiger partial charge in [0.1, 0.15) is 0 Å². The number of carbonyl (C=O) groups is 1. The number of hydrogen-bond donors (Lipinski definition) is 3. The number of allylic oxidation sites excluding steroid dienone is 23. The van der Waals surface area contributed by atoms with E-state index in [0.29, 0.717) is 6.42 Å². The summed E-state index contributed by atoms with van der Waals surface area (Å²) in [5, 5.41) is 23.1. The van der Waals surface area contributed by atoms with Gasteiger partial charge in [-0.05, 0) is 109 Å². The summed E-state index contributed by atoms with van der Waals surface area (Å²) in [4.78, 5) is 12.4. The summed E-state index contributed by atoms with van der Waals surface area (Å²) >= 11 is 0. The van der Waals surface area contributed by atoms with Crippen LogP contribution in [0.25, 0.3) is 0 Å². The van der Waals surface area contributed by atoms with Gasteiger partial charge in [0.05, 0.1) is 18.8 Å². The van der Waals surface area contributed by atoms with Gasteiger partial charge < -0.3 is 15.5 Å². The fourth-order valence-electron chi connectivity index (χ4n) is 7.40. The van der Waals surface area contributed by atoms with Gasteiger partial charge in [0.2, 0.25) is 5.91 Å². The number of unbranched alkanes of at least 4 members (excludes halogenated alkanes) is 19. The summed E-state index contributed by atoms with van der Waals surface area (Å²) in [5.74, 6) is -0.121. The minimum absolute atomic E-state index is 0.121. The second-order valence-electron chi connectivity index (χ2n) is 17.9. The molecule has 0 saturated heterocycles. The molecule has 0 aliphatic carbocycles. The Kier molecular flexibility index (Phi) is 53.4. The lowest BCUT2D eigenvalue weighted by atomic mass is 10.0. The molecule has 2 atom stereocenters. The Balaban J connectivity index is 3.75. The molecule has 1 amide bonds. The van der Waals surface area contributed by atoms with E-state index in [2.05, 4.69) is 153 Å². The van der Waals surface area contributed by atoms with Crippen molar-refractivity contribution in [3.05, 3.63) is 146 Å². The predicted molar refractivity (Wildman–Crippen MR) is 298 cm³/mol. The number of hydrogen-bond acceptors (Lipinski definition) is 3. The number of aliphatic hydroxyl groups excluding tert-OH is 2. The molecule has 0 spiro atoms. The van der Waals surface area contributed by atoms with Gasteiger partial charge >= 0.3 is 0 Å². The van der Waals surface area contributed by atoms with Gasteiger partial charge in [0.15, 0.2) is 0 Å². The molecule has 4 nitrogen and oxygen atoms in total. The van der Waals surface area contributed by atoms with Gasteiger partial charge in [0, 0.05) is 6.42 Å². The summed E-state index contributed by atoms with van der Waals surface area (Å²) in [7, 11) is 0. The Hall–Kier alpha value is -3.73. The van der Waals surface area contributed by atoms with E-state index in [-0.39, 0.29) is 12.5 Å². The van der Waals surface area contributed by atoms with E-state index in [1.165, 1.54) is 103 Å². The van der Waals surface area contributed by atoms with Gasteiger partial charge in [-0.25, -0.2) is 0 Å². The number of carbonyl (C=O) groups excluding carboxylic acids is 1. The van der Waals surface area contributed by atoms with Crippen molar-refractivity contribution in [3.8, 4) is 0 Å². The molecule has 0 fully saturated rings. The van der Waals surface area contributed by atoms with Crippen molar-refractivity contribution in [1.82, 2.24) is 5.32 Å². The number of amides is 1. The molecule has 0 aromatic carbocycles. The lowest BCUT2D eigenvalue weighted by Gasteiger charge is -2.19. The first-order chi connectivity index (χ1) is 33.2. The van der Waals surface area contributed by atoms with Crippen LogP contribution in [-0.4, -0.2) is 34.9 Å². The predicted octanol–water partition coefficient (Wildman–Crippen LogP) is 18.4. The molecule has 2 unspecified atom stereocenters. The molecule has 0 saturated carbocycles. The number of rotatable bonds is 48. The average Bonchev–Trinajstić information content (AvgIpc) is 3.33. The van der Waals surface area contributed by atoms with Crippen LogP contribution in [0.3, 0.4) is 0 Å². The average molecular weight is 923 g/mol. The zero-order valence-corrected chi connectivity index (χ0v) is 43.4. The Morgan fingerprint density at radius 1 is 0.373 bits per heavy atom. The van der Waals surface area contributed by atoms with Crippen molar-refractivity contribution in [3.63, 3.8) is 0 Å².